The fourth-order valence-electron chi connectivity index (χ4n) is 1.85. The van der Waals surface area contributed by atoms with E-state index in [0.29, 0.717) is 10.8 Å². The van der Waals surface area contributed by atoms with Gasteiger partial charge in [0.05, 0.1) is 12.8 Å². The topological polar surface area (TPSA) is 21.3 Å². The van der Waals surface area contributed by atoms with E-state index in [1.54, 1.807) is 6.07 Å². The molecule has 0 heterocycles. The van der Waals surface area contributed by atoms with Crippen LogP contribution in [0.1, 0.15) is 18.5 Å². The van der Waals surface area contributed by atoms with Crippen molar-refractivity contribution in [3.8, 4) is 5.75 Å². The first-order valence-corrected chi connectivity index (χ1v) is 6.33. The highest BCUT2D eigenvalue weighted by Gasteiger charge is 2.09. The molecule has 0 aromatic heterocycles. The zero-order valence-electron chi connectivity index (χ0n) is 10.8. The van der Waals surface area contributed by atoms with E-state index in [1.807, 2.05) is 31.2 Å². The number of anilines is 1. The van der Waals surface area contributed by atoms with Gasteiger partial charge < -0.3 is 10.1 Å². The van der Waals surface area contributed by atoms with Crippen LogP contribution in [0.15, 0.2) is 42.5 Å². The molecule has 1 unspecified atom stereocenters. The first-order chi connectivity index (χ1) is 9.10. The van der Waals surface area contributed by atoms with Crippen LogP contribution in [0.3, 0.4) is 0 Å². The Morgan fingerprint density at radius 3 is 2.47 bits per heavy atom. The fourth-order valence-corrected chi connectivity index (χ4v) is 1.98. The van der Waals surface area contributed by atoms with Crippen molar-refractivity contribution in [2.24, 2.45) is 0 Å². The lowest BCUT2D eigenvalue weighted by atomic mass is 10.1. The Hall–Kier alpha value is -1.74. The van der Waals surface area contributed by atoms with Crippen molar-refractivity contribution in [2.45, 2.75) is 13.0 Å². The van der Waals surface area contributed by atoms with E-state index in [4.69, 9.17) is 16.3 Å². The van der Waals surface area contributed by atoms with Gasteiger partial charge in [0.1, 0.15) is 11.6 Å². The van der Waals surface area contributed by atoms with Crippen molar-refractivity contribution in [3.05, 3.63) is 58.9 Å². The molecule has 0 saturated carbocycles. The van der Waals surface area contributed by atoms with Crippen molar-refractivity contribution in [2.75, 3.05) is 12.4 Å². The highest BCUT2D eigenvalue weighted by molar-refractivity contribution is 6.30. The van der Waals surface area contributed by atoms with E-state index >= 15 is 0 Å². The van der Waals surface area contributed by atoms with E-state index in [-0.39, 0.29) is 11.9 Å². The highest BCUT2D eigenvalue weighted by atomic mass is 35.5. The van der Waals surface area contributed by atoms with Crippen LogP contribution in [0.25, 0.3) is 0 Å². The molecule has 0 spiro atoms. The van der Waals surface area contributed by atoms with Gasteiger partial charge in [0.15, 0.2) is 0 Å². The van der Waals surface area contributed by atoms with Gasteiger partial charge in [-0.1, -0.05) is 23.7 Å². The fraction of sp³-hybridized carbons (Fsp3) is 0.200. The number of hydrogen-bond acceptors (Lipinski definition) is 2. The number of rotatable bonds is 4. The number of benzene rings is 2. The van der Waals surface area contributed by atoms with Gasteiger partial charge in [0, 0.05) is 17.1 Å². The van der Waals surface area contributed by atoms with Crippen LogP contribution < -0.4 is 10.1 Å². The molecule has 1 N–H and O–H groups in total. The maximum atomic E-state index is 13.1. The third kappa shape index (κ3) is 3.38. The summed E-state index contributed by atoms with van der Waals surface area (Å²) in [6.07, 6.45) is 0. The summed E-state index contributed by atoms with van der Waals surface area (Å²) in [6.45, 7) is 2.02. The van der Waals surface area contributed by atoms with Crippen LogP contribution in [-0.4, -0.2) is 7.11 Å². The minimum atomic E-state index is -0.318. The Bertz CT molecular complexity index is 557. The molecule has 2 rings (SSSR count). The molecule has 100 valence electrons. The predicted octanol–water partition coefficient (Wildman–Crippen LogP) is 4.66. The average molecular weight is 280 g/mol. The lowest BCUT2D eigenvalue weighted by molar-refractivity contribution is 0.412. The third-order valence-electron chi connectivity index (χ3n) is 2.91. The first kappa shape index (κ1) is 13.7. The summed E-state index contributed by atoms with van der Waals surface area (Å²) in [5, 5.41) is 3.99. The predicted molar refractivity (Wildman–Crippen MR) is 76.4 cm³/mol. The molecular formula is C15H15ClFNO. The van der Waals surface area contributed by atoms with Crippen molar-refractivity contribution in [1.82, 2.24) is 0 Å². The van der Waals surface area contributed by atoms with Gasteiger partial charge in [0.25, 0.3) is 0 Å². The molecule has 2 nitrogen and oxygen atoms in total. The summed E-state index contributed by atoms with van der Waals surface area (Å²) in [4.78, 5) is 0. The Kier molecular flexibility index (Phi) is 4.27. The van der Waals surface area contributed by atoms with E-state index < -0.39 is 0 Å². The molecule has 1 atom stereocenters. The summed E-state index contributed by atoms with van der Waals surface area (Å²) >= 11 is 5.86. The number of hydrogen-bond donors (Lipinski definition) is 1. The lowest BCUT2D eigenvalue weighted by Gasteiger charge is -2.18. The smallest absolute Gasteiger partial charge is 0.144 e. The lowest BCUT2D eigenvalue weighted by Crippen LogP contribution is -2.07. The first-order valence-electron chi connectivity index (χ1n) is 5.95. The molecule has 0 aliphatic rings. The molecule has 0 saturated heterocycles. The SMILES string of the molecule is COc1cc(F)ccc1NC(C)c1ccc(Cl)cc1. The molecular weight excluding hydrogens is 265 g/mol. The second-order valence-corrected chi connectivity index (χ2v) is 4.70. The third-order valence-corrected chi connectivity index (χ3v) is 3.16. The zero-order valence-corrected chi connectivity index (χ0v) is 11.5. The average Bonchev–Trinajstić information content (AvgIpc) is 2.41. The second kappa shape index (κ2) is 5.93. The normalized spacial score (nSPS) is 12.0. The number of halogens is 2. The van der Waals surface area contributed by atoms with Crippen molar-refractivity contribution in [1.29, 1.82) is 0 Å². The van der Waals surface area contributed by atoms with Gasteiger partial charge in [-0.2, -0.15) is 0 Å². The minimum absolute atomic E-state index is 0.0663. The molecule has 4 heteroatoms. The van der Waals surface area contributed by atoms with Crippen LogP contribution in [0, 0.1) is 5.82 Å². The molecule has 0 aliphatic heterocycles. The minimum Gasteiger partial charge on any atom is -0.494 e. The van der Waals surface area contributed by atoms with Crippen LogP contribution in [0.5, 0.6) is 5.75 Å². The summed E-state index contributed by atoms with van der Waals surface area (Å²) < 4.78 is 18.3. The molecule has 0 radical (unpaired) electrons. The van der Waals surface area contributed by atoms with Gasteiger partial charge >= 0.3 is 0 Å². The second-order valence-electron chi connectivity index (χ2n) is 4.26. The highest BCUT2D eigenvalue weighted by Crippen LogP contribution is 2.29. The van der Waals surface area contributed by atoms with Crippen LogP contribution in [0.2, 0.25) is 5.02 Å². The maximum absolute atomic E-state index is 13.1. The molecule has 2 aromatic rings. The number of ether oxygens (including phenoxy) is 1. The van der Waals surface area contributed by atoms with Gasteiger partial charge in [-0.05, 0) is 36.8 Å². The van der Waals surface area contributed by atoms with Gasteiger partial charge in [-0.25, -0.2) is 4.39 Å². The summed E-state index contributed by atoms with van der Waals surface area (Å²) in [6, 6.07) is 12.1. The van der Waals surface area contributed by atoms with Gasteiger partial charge in [0.2, 0.25) is 0 Å². The van der Waals surface area contributed by atoms with Crippen molar-refractivity contribution >= 4 is 17.3 Å². The number of methoxy groups -OCH3 is 1. The molecule has 19 heavy (non-hydrogen) atoms. The van der Waals surface area contributed by atoms with Gasteiger partial charge in [-0.15, -0.1) is 0 Å². The number of nitrogens with one attached hydrogen (secondary N) is 1. The standard InChI is InChI=1S/C15H15ClFNO/c1-10(11-3-5-12(16)6-4-11)18-14-8-7-13(17)9-15(14)19-2/h3-10,18H,1-2H3. The molecule has 0 aliphatic carbocycles. The summed E-state index contributed by atoms with van der Waals surface area (Å²) in [5.41, 5.74) is 1.85. The maximum Gasteiger partial charge on any atom is 0.144 e. The molecule has 0 fully saturated rings. The van der Waals surface area contributed by atoms with Crippen LogP contribution in [-0.2, 0) is 0 Å². The molecule has 0 bridgehead atoms. The zero-order chi connectivity index (χ0) is 13.8. The van der Waals surface area contributed by atoms with Crippen molar-refractivity contribution < 1.29 is 9.13 Å². The monoisotopic (exact) mass is 279 g/mol. The Morgan fingerprint density at radius 2 is 1.84 bits per heavy atom. The van der Waals surface area contributed by atoms with E-state index in [9.17, 15) is 4.39 Å². The Balaban J connectivity index is 2.18. The quantitative estimate of drug-likeness (QED) is 0.879. The van der Waals surface area contributed by atoms with E-state index in [2.05, 4.69) is 5.32 Å². The largest absolute Gasteiger partial charge is 0.494 e. The van der Waals surface area contributed by atoms with Crippen molar-refractivity contribution in [3.63, 3.8) is 0 Å². The Morgan fingerprint density at radius 1 is 1.16 bits per heavy atom. The van der Waals surface area contributed by atoms with E-state index in [1.165, 1.54) is 19.2 Å². The van der Waals surface area contributed by atoms with E-state index in [0.717, 1.165) is 11.3 Å². The summed E-state index contributed by atoms with van der Waals surface area (Å²) in [7, 11) is 1.52. The molecule has 0 amide bonds. The Labute approximate surface area is 117 Å². The van der Waals surface area contributed by atoms with Gasteiger partial charge in [-0.3, -0.25) is 0 Å². The summed E-state index contributed by atoms with van der Waals surface area (Å²) in [5.74, 6) is 0.169. The van der Waals surface area contributed by atoms with Crippen LogP contribution >= 0.6 is 11.6 Å². The molecule has 2 aromatic carbocycles. The van der Waals surface area contributed by atoms with Crippen LogP contribution in [0.4, 0.5) is 10.1 Å².